The summed E-state index contributed by atoms with van der Waals surface area (Å²) < 4.78 is 5.35. The van der Waals surface area contributed by atoms with Crippen LogP contribution in [0.1, 0.15) is 16.8 Å². The molecular weight excluding hydrogens is 216 g/mol. The minimum absolute atomic E-state index is 0.0168. The molecule has 3 nitrogen and oxygen atoms in total. The Kier molecular flexibility index (Phi) is 3.11. The summed E-state index contributed by atoms with van der Waals surface area (Å²) >= 11 is 0. The predicted octanol–water partition coefficient (Wildman–Crippen LogP) is 2.48. The van der Waals surface area contributed by atoms with Crippen LogP contribution in [0, 0.1) is 0 Å². The molecule has 0 bridgehead atoms. The van der Waals surface area contributed by atoms with Gasteiger partial charge in [-0.3, -0.25) is 4.79 Å². The minimum atomic E-state index is -0.992. The lowest BCUT2D eigenvalue weighted by Crippen LogP contribution is -2.39. The molecule has 0 radical (unpaired) electrons. The number of para-hydroxylation sites is 1. The number of benzene rings is 1. The number of carbonyl (C=O) groups excluding carboxylic acids is 1. The Morgan fingerprint density at radius 3 is 2.71 bits per heavy atom. The largest absolute Gasteiger partial charge is 0.507 e. The van der Waals surface area contributed by atoms with E-state index in [9.17, 15) is 9.90 Å². The summed E-state index contributed by atoms with van der Waals surface area (Å²) in [5.74, 6) is -0.240. The summed E-state index contributed by atoms with van der Waals surface area (Å²) in [4.78, 5) is 12.4. The average Bonchev–Trinajstić information content (AvgIpc) is 2.39. The van der Waals surface area contributed by atoms with Crippen LogP contribution in [0.3, 0.4) is 0 Å². The molecule has 0 spiro atoms. The molecule has 3 heteroatoms. The zero-order valence-corrected chi connectivity index (χ0v) is 9.59. The fourth-order valence-electron chi connectivity index (χ4n) is 1.91. The van der Waals surface area contributed by atoms with Gasteiger partial charge in [-0.05, 0) is 18.2 Å². The Morgan fingerprint density at radius 1 is 1.35 bits per heavy atom. The monoisotopic (exact) mass is 230 g/mol. The zero-order valence-electron chi connectivity index (χ0n) is 9.59. The lowest BCUT2D eigenvalue weighted by atomic mass is 9.86. The number of allylic oxidation sites excluding steroid dienone is 2. The Morgan fingerprint density at radius 2 is 2.12 bits per heavy atom. The zero-order chi connectivity index (χ0) is 12.3. The number of Topliss-reactive ketones (excluding diaryl/α,β-unsaturated/α-hetero) is 1. The van der Waals surface area contributed by atoms with E-state index in [1.807, 2.05) is 12.2 Å². The summed E-state index contributed by atoms with van der Waals surface area (Å²) in [6.07, 6.45) is 7.73. The molecule has 0 aliphatic heterocycles. The maximum atomic E-state index is 12.4. The molecule has 0 aromatic heterocycles. The number of methoxy groups -OCH3 is 1. The number of hydrogen-bond acceptors (Lipinski definition) is 3. The lowest BCUT2D eigenvalue weighted by Gasteiger charge is -2.28. The van der Waals surface area contributed by atoms with Crippen LogP contribution in [0.25, 0.3) is 0 Å². The SMILES string of the molecule is COC1(C(=O)c2ccccc2O)C=CC=CC1. The number of ketones is 1. The lowest BCUT2D eigenvalue weighted by molar-refractivity contribution is 0.0290. The van der Waals surface area contributed by atoms with E-state index >= 15 is 0 Å². The van der Waals surface area contributed by atoms with Crippen molar-refractivity contribution in [3.8, 4) is 5.75 Å². The van der Waals surface area contributed by atoms with Crippen molar-refractivity contribution in [3.63, 3.8) is 0 Å². The van der Waals surface area contributed by atoms with E-state index in [-0.39, 0.29) is 17.1 Å². The Bertz CT molecular complexity index is 488. The van der Waals surface area contributed by atoms with Crippen LogP contribution in [-0.2, 0) is 4.74 Å². The Labute approximate surface area is 100 Å². The molecular formula is C14H14O3. The summed E-state index contributed by atoms with van der Waals surface area (Å²) in [6, 6.07) is 6.50. The number of carbonyl (C=O) groups is 1. The first-order valence-electron chi connectivity index (χ1n) is 5.42. The molecule has 1 aliphatic rings. The van der Waals surface area contributed by atoms with Gasteiger partial charge in [0.2, 0.25) is 5.78 Å². The van der Waals surface area contributed by atoms with Gasteiger partial charge in [-0.1, -0.05) is 30.4 Å². The quantitative estimate of drug-likeness (QED) is 0.811. The van der Waals surface area contributed by atoms with Crippen LogP contribution in [0.5, 0.6) is 5.75 Å². The van der Waals surface area contributed by atoms with Crippen molar-refractivity contribution in [2.24, 2.45) is 0 Å². The van der Waals surface area contributed by atoms with Crippen molar-refractivity contribution in [2.45, 2.75) is 12.0 Å². The molecule has 0 amide bonds. The molecule has 0 saturated carbocycles. The highest BCUT2D eigenvalue weighted by Gasteiger charge is 2.37. The molecule has 2 rings (SSSR count). The van der Waals surface area contributed by atoms with Crippen molar-refractivity contribution in [2.75, 3.05) is 7.11 Å². The van der Waals surface area contributed by atoms with Crippen LogP contribution >= 0.6 is 0 Å². The fourth-order valence-corrected chi connectivity index (χ4v) is 1.91. The van der Waals surface area contributed by atoms with E-state index in [2.05, 4.69) is 0 Å². The van der Waals surface area contributed by atoms with Crippen molar-refractivity contribution >= 4 is 5.78 Å². The molecule has 17 heavy (non-hydrogen) atoms. The van der Waals surface area contributed by atoms with Crippen LogP contribution in [-0.4, -0.2) is 23.6 Å². The third kappa shape index (κ3) is 2.01. The van der Waals surface area contributed by atoms with Crippen molar-refractivity contribution in [1.29, 1.82) is 0 Å². The summed E-state index contributed by atoms with van der Waals surface area (Å²) in [5.41, 5.74) is -0.706. The first kappa shape index (κ1) is 11.6. The maximum Gasteiger partial charge on any atom is 0.202 e. The summed E-state index contributed by atoms with van der Waals surface area (Å²) in [7, 11) is 1.50. The van der Waals surface area contributed by atoms with Crippen molar-refractivity contribution in [1.82, 2.24) is 0 Å². The molecule has 1 N–H and O–H groups in total. The second-order valence-electron chi connectivity index (χ2n) is 3.93. The van der Waals surface area contributed by atoms with E-state index in [1.54, 1.807) is 30.4 Å². The van der Waals surface area contributed by atoms with E-state index in [0.717, 1.165) is 0 Å². The van der Waals surface area contributed by atoms with Gasteiger partial charge in [0.15, 0.2) is 5.60 Å². The standard InChI is InChI=1S/C14H14O3/c1-17-14(9-5-2-6-10-14)13(16)11-7-3-4-8-12(11)15/h2-9,15H,10H2,1H3. The van der Waals surface area contributed by atoms with Crippen LogP contribution in [0.15, 0.2) is 48.6 Å². The first-order valence-corrected chi connectivity index (χ1v) is 5.42. The van der Waals surface area contributed by atoms with Crippen molar-refractivity contribution < 1.29 is 14.6 Å². The van der Waals surface area contributed by atoms with Gasteiger partial charge in [0.05, 0.1) is 5.56 Å². The first-order chi connectivity index (χ1) is 8.19. The topological polar surface area (TPSA) is 46.5 Å². The molecule has 0 heterocycles. The number of ether oxygens (including phenoxy) is 1. The van der Waals surface area contributed by atoms with Gasteiger partial charge >= 0.3 is 0 Å². The Hall–Kier alpha value is -1.87. The third-order valence-corrected chi connectivity index (χ3v) is 2.93. The van der Waals surface area contributed by atoms with Crippen molar-refractivity contribution in [3.05, 3.63) is 54.1 Å². The highest BCUT2D eigenvalue weighted by molar-refractivity contribution is 6.06. The fraction of sp³-hybridized carbons (Fsp3) is 0.214. The van der Waals surface area contributed by atoms with Gasteiger partial charge in [0.25, 0.3) is 0 Å². The normalized spacial score (nSPS) is 22.6. The molecule has 1 aliphatic carbocycles. The highest BCUT2D eigenvalue weighted by Crippen LogP contribution is 2.29. The van der Waals surface area contributed by atoms with Gasteiger partial charge in [-0.2, -0.15) is 0 Å². The second-order valence-corrected chi connectivity index (χ2v) is 3.93. The molecule has 1 atom stereocenters. The summed E-state index contributed by atoms with van der Waals surface area (Å²) in [5, 5.41) is 9.70. The van der Waals surface area contributed by atoms with Gasteiger partial charge in [-0.25, -0.2) is 0 Å². The molecule has 1 unspecified atom stereocenters. The molecule has 0 fully saturated rings. The minimum Gasteiger partial charge on any atom is -0.507 e. The van der Waals surface area contributed by atoms with Gasteiger partial charge in [0, 0.05) is 13.5 Å². The number of aromatic hydroxyl groups is 1. The van der Waals surface area contributed by atoms with E-state index in [1.165, 1.54) is 13.2 Å². The van der Waals surface area contributed by atoms with Gasteiger partial charge < -0.3 is 9.84 Å². The maximum absolute atomic E-state index is 12.4. The van der Waals surface area contributed by atoms with Gasteiger partial charge in [0.1, 0.15) is 5.75 Å². The predicted molar refractivity (Wildman–Crippen MR) is 65.1 cm³/mol. The molecule has 1 aromatic carbocycles. The van der Waals surface area contributed by atoms with E-state index in [0.29, 0.717) is 6.42 Å². The number of phenols is 1. The van der Waals surface area contributed by atoms with Crippen LogP contribution in [0.2, 0.25) is 0 Å². The molecule has 88 valence electrons. The highest BCUT2D eigenvalue weighted by atomic mass is 16.5. The van der Waals surface area contributed by atoms with E-state index < -0.39 is 5.60 Å². The van der Waals surface area contributed by atoms with Gasteiger partial charge in [-0.15, -0.1) is 0 Å². The molecule has 0 saturated heterocycles. The van der Waals surface area contributed by atoms with Crippen LogP contribution in [0.4, 0.5) is 0 Å². The number of phenolic OH excluding ortho intramolecular Hbond substituents is 1. The Balaban J connectivity index is 2.40. The second kappa shape index (κ2) is 4.55. The van der Waals surface area contributed by atoms with Crippen LogP contribution < -0.4 is 0 Å². The van der Waals surface area contributed by atoms with E-state index in [4.69, 9.17) is 4.74 Å². The number of rotatable bonds is 3. The summed E-state index contributed by atoms with van der Waals surface area (Å²) in [6.45, 7) is 0. The average molecular weight is 230 g/mol. The number of hydrogen-bond donors (Lipinski definition) is 1. The molecule has 1 aromatic rings. The third-order valence-electron chi connectivity index (χ3n) is 2.93. The smallest absolute Gasteiger partial charge is 0.202 e.